The lowest BCUT2D eigenvalue weighted by Crippen LogP contribution is -2.60. The van der Waals surface area contributed by atoms with E-state index < -0.39 is 14.6 Å². The molecule has 0 bridgehead atoms. The Labute approximate surface area is 162 Å². The van der Waals surface area contributed by atoms with E-state index in [2.05, 4.69) is 36.5 Å². The molecule has 2 aliphatic rings. The highest BCUT2D eigenvalue weighted by molar-refractivity contribution is 7.92. The maximum Gasteiger partial charge on any atom is 0.254 e. The van der Waals surface area contributed by atoms with E-state index in [0.717, 1.165) is 19.5 Å². The zero-order chi connectivity index (χ0) is 19.7. The number of carbonyl (C=O) groups is 1. The van der Waals surface area contributed by atoms with Crippen molar-refractivity contribution in [2.75, 3.05) is 12.3 Å². The fraction of sp³-hybridized carbons (Fsp3) is 0.789. The molecule has 27 heavy (non-hydrogen) atoms. The molecule has 2 N–H and O–H groups in total. The minimum atomic E-state index is -3.09. The van der Waals surface area contributed by atoms with E-state index in [4.69, 9.17) is 0 Å². The van der Waals surface area contributed by atoms with Crippen LogP contribution in [0.25, 0.3) is 0 Å². The third-order valence-electron chi connectivity index (χ3n) is 5.83. The van der Waals surface area contributed by atoms with E-state index in [9.17, 15) is 13.2 Å². The first-order chi connectivity index (χ1) is 12.7. The van der Waals surface area contributed by atoms with Gasteiger partial charge in [0, 0.05) is 24.8 Å². The van der Waals surface area contributed by atoms with Crippen LogP contribution in [0.4, 0.5) is 0 Å². The topological polar surface area (TPSA) is 93.1 Å². The van der Waals surface area contributed by atoms with Crippen molar-refractivity contribution in [1.29, 1.82) is 0 Å². The van der Waals surface area contributed by atoms with Gasteiger partial charge in [-0.3, -0.25) is 9.48 Å². The van der Waals surface area contributed by atoms with Gasteiger partial charge in [0.05, 0.1) is 22.3 Å². The van der Waals surface area contributed by atoms with Gasteiger partial charge in [0.1, 0.15) is 0 Å². The van der Waals surface area contributed by atoms with Gasteiger partial charge in [0.25, 0.3) is 5.91 Å². The van der Waals surface area contributed by atoms with Crippen molar-refractivity contribution in [3.63, 3.8) is 0 Å². The minimum absolute atomic E-state index is 0.0884. The molecule has 1 aliphatic carbocycles. The molecule has 1 amide bonds. The van der Waals surface area contributed by atoms with Crippen LogP contribution in [0.15, 0.2) is 12.4 Å². The molecule has 7 nitrogen and oxygen atoms in total. The number of amides is 1. The zero-order valence-corrected chi connectivity index (χ0v) is 17.4. The average molecular weight is 397 g/mol. The summed E-state index contributed by atoms with van der Waals surface area (Å²) in [6.07, 6.45) is 6.73. The number of nitrogens with zero attached hydrogens (tertiary/aromatic N) is 2. The van der Waals surface area contributed by atoms with Crippen molar-refractivity contribution in [3.8, 4) is 0 Å². The molecule has 1 unspecified atom stereocenters. The summed E-state index contributed by atoms with van der Waals surface area (Å²) in [6.45, 7) is 7.90. The number of carbonyl (C=O) groups excluding carboxylic acids is 1. The van der Waals surface area contributed by atoms with Crippen molar-refractivity contribution in [1.82, 2.24) is 20.4 Å². The molecule has 152 valence electrons. The molecule has 1 aliphatic heterocycles. The lowest BCUT2D eigenvalue weighted by atomic mass is 9.70. The van der Waals surface area contributed by atoms with E-state index in [1.807, 2.05) is 0 Å². The molecular weight excluding hydrogens is 364 g/mol. The number of hydrogen-bond acceptors (Lipinski definition) is 5. The fourth-order valence-electron chi connectivity index (χ4n) is 4.38. The summed E-state index contributed by atoms with van der Waals surface area (Å²) in [5.41, 5.74) is 0.540. The molecule has 3 rings (SSSR count). The van der Waals surface area contributed by atoms with Crippen LogP contribution in [-0.2, 0) is 16.4 Å². The fourth-order valence-corrected chi connectivity index (χ4v) is 6.84. The molecule has 1 aromatic heterocycles. The van der Waals surface area contributed by atoms with Gasteiger partial charge in [-0.1, -0.05) is 20.8 Å². The van der Waals surface area contributed by atoms with Crippen LogP contribution in [0.2, 0.25) is 0 Å². The second-order valence-electron chi connectivity index (χ2n) is 8.49. The Morgan fingerprint density at radius 2 is 2.11 bits per heavy atom. The second-order valence-corrected chi connectivity index (χ2v) is 11.0. The lowest BCUT2D eigenvalue weighted by Gasteiger charge is -2.51. The molecule has 1 saturated carbocycles. The first kappa shape index (κ1) is 20.3. The summed E-state index contributed by atoms with van der Waals surface area (Å²) in [5.74, 6) is 0.412. The Morgan fingerprint density at radius 3 is 2.78 bits per heavy atom. The highest BCUT2D eigenvalue weighted by Crippen LogP contribution is 2.49. The molecule has 2 heterocycles. The van der Waals surface area contributed by atoms with Crippen LogP contribution < -0.4 is 10.6 Å². The minimum Gasteiger partial charge on any atom is -0.349 e. The van der Waals surface area contributed by atoms with Gasteiger partial charge in [0.2, 0.25) is 0 Å². The maximum absolute atomic E-state index is 12.7. The predicted octanol–water partition coefficient (Wildman–Crippen LogP) is 1.75. The van der Waals surface area contributed by atoms with Crippen LogP contribution in [0, 0.1) is 5.92 Å². The number of nitrogens with one attached hydrogen (secondary N) is 2. The maximum atomic E-state index is 12.7. The van der Waals surface area contributed by atoms with Crippen molar-refractivity contribution < 1.29 is 13.2 Å². The Hall–Kier alpha value is -1.41. The normalized spacial score (nSPS) is 29.6. The highest BCUT2D eigenvalue weighted by atomic mass is 32.2. The van der Waals surface area contributed by atoms with Crippen LogP contribution in [0.3, 0.4) is 0 Å². The molecule has 1 aromatic rings. The number of sulfone groups is 1. The summed E-state index contributed by atoms with van der Waals surface area (Å²) < 4.78 is 26.5. The first-order valence-electron chi connectivity index (χ1n) is 10.0. The largest absolute Gasteiger partial charge is 0.349 e. The van der Waals surface area contributed by atoms with Crippen molar-refractivity contribution >= 4 is 15.7 Å². The van der Waals surface area contributed by atoms with E-state index in [1.165, 1.54) is 0 Å². The summed E-state index contributed by atoms with van der Waals surface area (Å²) in [5, 5.41) is 10.6. The van der Waals surface area contributed by atoms with Gasteiger partial charge in [-0.15, -0.1) is 0 Å². The molecule has 1 spiro atoms. The molecule has 0 radical (unpaired) electrons. The quantitative estimate of drug-likeness (QED) is 0.732. The summed E-state index contributed by atoms with van der Waals surface area (Å²) in [6, 6.07) is 0.319. The molecular formula is C19H32N4O3S. The third-order valence-corrected chi connectivity index (χ3v) is 8.43. The third kappa shape index (κ3) is 4.37. The van der Waals surface area contributed by atoms with Gasteiger partial charge in [-0.05, 0) is 44.6 Å². The summed E-state index contributed by atoms with van der Waals surface area (Å²) in [4.78, 5) is 12.5. The predicted molar refractivity (Wildman–Crippen MR) is 105 cm³/mol. The number of rotatable bonds is 7. The van der Waals surface area contributed by atoms with Gasteiger partial charge < -0.3 is 10.6 Å². The van der Waals surface area contributed by atoms with Crippen LogP contribution in [-0.4, -0.2) is 53.2 Å². The van der Waals surface area contributed by atoms with Gasteiger partial charge in [0.15, 0.2) is 9.84 Å². The average Bonchev–Trinajstić information content (AvgIpc) is 3.02. The Bertz CT molecular complexity index is 766. The first-order valence-corrected chi connectivity index (χ1v) is 11.7. The Balaban J connectivity index is 1.59. The second kappa shape index (κ2) is 7.91. The standard InChI is InChI=1S/C19H32N4O3S/c1-4-6-23-13-16(12-21-23)18(24)22-17-5-7-27(25,26)19(10-17)8-15(9-19)11-20-14(2)3/h12-15,17,20H,4-11H2,1-3H3,(H,22,24). The Morgan fingerprint density at radius 1 is 1.37 bits per heavy atom. The number of hydrogen-bond donors (Lipinski definition) is 2. The van der Waals surface area contributed by atoms with E-state index >= 15 is 0 Å². The zero-order valence-electron chi connectivity index (χ0n) is 16.6. The van der Waals surface area contributed by atoms with E-state index in [-0.39, 0.29) is 17.7 Å². The summed E-state index contributed by atoms with van der Waals surface area (Å²) >= 11 is 0. The molecule has 8 heteroatoms. The van der Waals surface area contributed by atoms with Crippen molar-refractivity contribution in [3.05, 3.63) is 18.0 Å². The number of aryl methyl sites for hydroxylation is 1. The molecule has 0 aromatic carbocycles. The lowest BCUT2D eigenvalue weighted by molar-refractivity contribution is 0.0914. The SMILES string of the molecule is CCCn1cc(C(=O)NC2CCS(=O)(=O)C3(CC(CNC(C)C)C3)C2)cn1. The van der Waals surface area contributed by atoms with Crippen LogP contribution >= 0.6 is 0 Å². The van der Waals surface area contributed by atoms with Crippen LogP contribution in [0.5, 0.6) is 0 Å². The highest BCUT2D eigenvalue weighted by Gasteiger charge is 2.56. The van der Waals surface area contributed by atoms with Gasteiger partial charge in [-0.25, -0.2) is 8.42 Å². The van der Waals surface area contributed by atoms with Gasteiger partial charge >= 0.3 is 0 Å². The molecule has 1 atom stereocenters. The smallest absolute Gasteiger partial charge is 0.254 e. The van der Waals surface area contributed by atoms with Crippen molar-refractivity contribution in [2.24, 2.45) is 5.92 Å². The molecule has 1 saturated heterocycles. The molecule has 2 fully saturated rings. The monoisotopic (exact) mass is 396 g/mol. The van der Waals surface area contributed by atoms with E-state index in [0.29, 0.717) is 43.2 Å². The van der Waals surface area contributed by atoms with E-state index in [1.54, 1.807) is 17.1 Å². The number of aromatic nitrogens is 2. The van der Waals surface area contributed by atoms with Gasteiger partial charge in [-0.2, -0.15) is 5.10 Å². The van der Waals surface area contributed by atoms with Crippen LogP contribution in [0.1, 0.15) is 63.2 Å². The summed E-state index contributed by atoms with van der Waals surface area (Å²) in [7, 11) is -3.09. The Kier molecular flexibility index (Phi) is 5.96. The van der Waals surface area contributed by atoms with Crippen molar-refractivity contribution in [2.45, 2.75) is 76.3 Å².